The molecule has 2 fully saturated rings. The lowest BCUT2D eigenvalue weighted by Gasteiger charge is -2.42. The number of hydrogen-bond acceptors (Lipinski definition) is 11. The van der Waals surface area contributed by atoms with Crippen LogP contribution in [-0.4, -0.2) is 110 Å². The van der Waals surface area contributed by atoms with Crippen LogP contribution in [0.2, 0.25) is 0 Å². The molecule has 0 saturated carbocycles. The summed E-state index contributed by atoms with van der Waals surface area (Å²) in [5, 5.41) is 44.6. The number of carbonyl (C=O) groups excluding carboxylic acids is 1. The van der Waals surface area contributed by atoms with Crippen molar-refractivity contribution in [1.82, 2.24) is 19.9 Å². The number of rotatable bonds is 7. The van der Waals surface area contributed by atoms with Crippen LogP contribution in [0.3, 0.4) is 0 Å². The molecule has 3 aliphatic rings. The molecule has 44 heavy (non-hydrogen) atoms. The van der Waals surface area contributed by atoms with E-state index >= 15 is 0 Å². The van der Waals surface area contributed by atoms with Gasteiger partial charge in [0.25, 0.3) is 0 Å². The van der Waals surface area contributed by atoms with E-state index in [1.54, 1.807) is 4.90 Å². The predicted molar refractivity (Wildman–Crippen MR) is 151 cm³/mol. The van der Waals surface area contributed by atoms with Gasteiger partial charge in [-0.25, -0.2) is 18.3 Å². The highest BCUT2D eigenvalue weighted by atomic mass is 19.2. The maximum absolute atomic E-state index is 14.0. The zero-order valence-electron chi connectivity index (χ0n) is 25.1. The highest BCUT2D eigenvalue weighted by molar-refractivity contribution is 5.88. The van der Waals surface area contributed by atoms with Gasteiger partial charge in [0.2, 0.25) is 0 Å². The molecule has 242 valence electrons. The second kappa shape index (κ2) is 12.9. The number of aliphatic hydroxyl groups is 3. The van der Waals surface area contributed by atoms with Crippen molar-refractivity contribution in [2.75, 3.05) is 26.8 Å². The summed E-state index contributed by atoms with van der Waals surface area (Å²) in [5.41, 5.74) is 0.566. The van der Waals surface area contributed by atoms with Gasteiger partial charge in [-0.3, -0.25) is 0 Å². The molecule has 1 unspecified atom stereocenters. The molecule has 4 heterocycles. The van der Waals surface area contributed by atoms with Crippen LogP contribution in [0.15, 0.2) is 23.5 Å². The monoisotopic (exact) mass is 623 g/mol. The lowest BCUT2D eigenvalue weighted by Crippen LogP contribution is -2.56. The van der Waals surface area contributed by atoms with Crippen molar-refractivity contribution >= 4 is 11.8 Å². The van der Waals surface area contributed by atoms with E-state index in [-0.39, 0.29) is 35.4 Å². The number of piperidine rings is 1. The first-order valence-electron chi connectivity index (χ1n) is 14.7. The van der Waals surface area contributed by atoms with Crippen molar-refractivity contribution in [2.24, 2.45) is 11.1 Å². The summed E-state index contributed by atoms with van der Waals surface area (Å²) in [6.07, 6.45) is -1.78. The van der Waals surface area contributed by atoms with Crippen LogP contribution in [0.5, 0.6) is 5.75 Å². The second-order valence-corrected chi connectivity index (χ2v) is 12.4. The Morgan fingerprint density at radius 1 is 1.11 bits per heavy atom. The van der Waals surface area contributed by atoms with Crippen LogP contribution in [0.4, 0.5) is 13.6 Å². The highest BCUT2D eigenvalue weighted by Gasteiger charge is 2.47. The van der Waals surface area contributed by atoms with E-state index in [1.165, 1.54) is 18.0 Å². The molecule has 5 rings (SSSR count). The molecule has 13 nitrogen and oxygen atoms in total. The molecule has 1 amide bonds. The summed E-state index contributed by atoms with van der Waals surface area (Å²) < 4.78 is 45.5. The van der Waals surface area contributed by atoms with Crippen molar-refractivity contribution in [3.63, 3.8) is 0 Å². The third-order valence-electron chi connectivity index (χ3n) is 8.19. The quantitative estimate of drug-likeness (QED) is 0.418. The third-order valence-corrected chi connectivity index (χ3v) is 8.19. The van der Waals surface area contributed by atoms with E-state index in [4.69, 9.17) is 19.0 Å². The second-order valence-electron chi connectivity index (χ2n) is 12.4. The molecule has 1 aromatic heterocycles. The van der Waals surface area contributed by atoms with Gasteiger partial charge in [0.05, 0.1) is 31.7 Å². The Kier molecular flexibility index (Phi) is 9.39. The number of methoxy groups -OCH3 is 1. The van der Waals surface area contributed by atoms with Crippen molar-refractivity contribution in [3.05, 3.63) is 30.0 Å². The van der Waals surface area contributed by atoms with Gasteiger partial charge in [0, 0.05) is 43.5 Å². The average Bonchev–Trinajstić information content (AvgIpc) is 3.65. The highest BCUT2D eigenvalue weighted by Crippen LogP contribution is 2.36. The number of nitrogens with zero attached hydrogens (tertiary/aromatic N) is 5. The van der Waals surface area contributed by atoms with Crippen molar-refractivity contribution in [1.29, 1.82) is 0 Å². The van der Waals surface area contributed by atoms with Gasteiger partial charge in [0.15, 0.2) is 11.6 Å². The first-order chi connectivity index (χ1) is 20.9. The van der Waals surface area contributed by atoms with Gasteiger partial charge >= 0.3 is 6.09 Å². The fourth-order valence-electron chi connectivity index (χ4n) is 5.93. The number of aromatic nitrogens is 3. The van der Waals surface area contributed by atoms with Crippen LogP contribution in [0.1, 0.15) is 52.5 Å². The first-order valence-corrected chi connectivity index (χ1v) is 14.7. The molecule has 2 aromatic rings. The minimum absolute atomic E-state index is 0.0276. The first kappa shape index (κ1) is 32.0. The molecular formula is C29H39F2N5O8. The van der Waals surface area contributed by atoms with Crippen LogP contribution < -0.4 is 4.74 Å². The summed E-state index contributed by atoms with van der Waals surface area (Å²) in [7, 11) is 1.30. The molecular weight excluding hydrogens is 584 g/mol. The van der Waals surface area contributed by atoms with Gasteiger partial charge in [0.1, 0.15) is 47.5 Å². The maximum Gasteiger partial charge on any atom is 0.410 e. The van der Waals surface area contributed by atoms with E-state index in [1.807, 2.05) is 20.8 Å². The Bertz CT molecular complexity index is 1360. The topological polar surface area (TPSA) is 161 Å². The minimum Gasteiger partial charge on any atom is -0.496 e. The number of hydrogen-bond donors (Lipinski definition) is 3. The third kappa shape index (κ3) is 6.80. The Labute approximate surface area is 253 Å². The lowest BCUT2D eigenvalue weighted by molar-refractivity contribution is -0.212. The minimum atomic E-state index is -1.36. The number of likely N-dealkylation sites (tertiary alicyclic amines) is 1. The van der Waals surface area contributed by atoms with Crippen LogP contribution >= 0.6 is 0 Å². The van der Waals surface area contributed by atoms with Gasteiger partial charge < -0.3 is 39.3 Å². The largest absolute Gasteiger partial charge is 0.496 e. The van der Waals surface area contributed by atoms with E-state index in [0.717, 1.165) is 30.7 Å². The molecule has 3 aliphatic heterocycles. The molecule has 0 bridgehead atoms. The van der Waals surface area contributed by atoms with Crippen LogP contribution in [0, 0.1) is 17.6 Å². The summed E-state index contributed by atoms with van der Waals surface area (Å²) in [5.74, 6) is -2.03. The fraction of sp³-hybridized carbons (Fsp3) is 0.655. The number of amides is 1. The smallest absolute Gasteiger partial charge is 0.410 e. The van der Waals surface area contributed by atoms with Crippen LogP contribution in [0.25, 0.3) is 11.3 Å². The van der Waals surface area contributed by atoms with Gasteiger partial charge in [-0.2, -0.15) is 0 Å². The Morgan fingerprint density at radius 2 is 1.80 bits per heavy atom. The lowest BCUT2D eigenvalue weighted by atomic mass is 9.86. The molecule has 0 radical (unpaired) electrons. The van der Waals surface area contributed by atoms with Crippen molar-refractivity contribution < 1.29 is 47.9 Å². The zero-order valence-corrected chi connectivity index (χ0v) is 25.1. The Balaban J connectivity index is 1.23. The number of benzene rings is 1. The van der Waals surface area contributed by atoms with E-state index in [2.05, 4.69) is 15.5 Å². The van der Waals surface area contributed by atoms with Gasteiger partial charge in [-0.05, 0) is 39.7 Å². The molecule has 6 atom stereocenters. The predicted octanol–water partition coefficient (Wildman–Crippen LogP) is 2.44. The number of oxime groups is 1. The standard InChI is InChI=1S/C29H39F2N5O8/c1-29(2,3)43-28(40)35-7-5-15(6-8-35)20-9-16(44-33-20)10-23-26(38)25(27(39)24(14-37)42-23)36-13-21(32-34-36)17-11-18(30)19(31)12-22(17)41-4/h11-13,15-16,23-27,37-39H,5-10,14H2,1-4H3/t16?,23-,24-,25-,26+,27+/m1/s1. The number of aliphatic hydroxyl groups excluding tert-OH is 3. The summed E-state index contributed by atoms with van der Waals surface area (Å²) in [6.45, 7) is 6.06. The summed E-state index contributed by atoms with van der Waals surface area (Å²) >= 11 is 0. The Hall–Kier alpha value is -3.40. The molecule has 0 spiro atoms. The average molecular weight is 624 g/mol. The fourth-order valence-corrected chi connectivity index (χ4v) is 5.93. The normalized spacial score (nSPS) is 28.0. The zero-order chi connectivity index (χ0) is 31.8. The van der Waals surface area contributed by atoms with E-state index in [0.29, 0.717) is 19.5 Å². The van der Waals surface area contributed by atoms with Crippen LogP contribution in [-0.2, 0) is 14.3 Å². The molecule has 1 aromatic carbocycles. The molecule has 15 heteroatoms. The van der Waals surface area contributed by atoms with E-state index < -0.39 is 60.4 Å². The maximum atomic E-state index is 14.0. The summed E-state index contributed by atoms with van der Waals surface area (Å²) in [6, 6.07) is 0.735. The summed E-state index contributed by atoms with van der Waals surface area (Å²) in [4.78, 5) is 19.8. The number of halogens is 2. The Morgan fingerprint density at radius 3 is 2.45 bits per heavy atom. The van der Waals surface area contributed by atoms with Crippen molar-refractivity contribution in [3.8, 4) is 17.0 Å². The van der Waals surface area contributed by atoms with Gasteiger partial charge in [-0.1, -0.05) is 10.4 Å². The van der Waals surface area contributed by atoms with Gasteiger partial charge in [-0.15, -0.1) is 5.10 Å². The number of carbonyl (C=O) groups is 1. The van der Waals surface area contributed by atoms with E-state index in [9.17, 15) is 28.9 Å². The number of ether oxygens (including phenoxy) is 3. The van der Waals surface area contributed by atoms with Crippen molar-refractivity contribution in [2.45, 2.75) is 88.6 Å². The molecule has 3 N–H and O–H groups in total. The molecule has 0 aliphatic carbocycles. The molecule has 2 saturated heterocycles. The SMILES string of the molecule is COc1cc(F)c(F)cc1-c1cn([C@H]2[C@@H](O)[C@@H](CO)O[C@H](CC3CC(C4CCN(C(=O)OC(C)(C)C)CC4)=NO3)[C@@H]2O)nn1.